The van der Waals surface area contributed by atoms with Crippen molar-refractivity contribution >= 4 is 5.69 Å². The average molecular weight is 220 g/mol. The van der Waals surface area contributed by atoms with Crippen molar-refractivity contribution in [2.24, 2.45) is 0 Å². The summed E-state index contributed by atoms with van der Waals surface area (Å²) in [4.78, 5) is 2.32. The summed E-state index contributed by atoms with van der Waals surface area (Å²) in [7, 11) is 3.94. The van der Waals surface area contributed by atoms with E-state index in [-0.39, 0.29) is 6.10 Å². The number of likely N-dealkylation sites (N-methyl/N-ethyl adjacent to an activating group) is 1. The molecule has 1 aliphatic rings. The number of nitrogens with zero attached hydrogens (tertiary/aromatic N) is 1. The van der Waals surface area contributed by atoms with Gasteiger partial charge in [-0.25, -0.2) is 0 Å². The molecule has 16 heavy (non-hydrogen) atoms. The van der Waals surface area contributed by atoms with Crippen LogP contribution in [-0.2, 0) is 4.74 Å². The SMILES string of the molecule is CO[C@H]1CN(C)CC[C@H]1Nc1ccccc1. The zero-order chi connectivity index (χ0) is 11.4. The van der Waals surface area contributed by atoms with E-state index in [2.05, 4.69) is 41.5 Å². The predicted octanol–water partition coefficient (Wildman–Crippen LogP) is 1.82. The summed E-state index contributed by atoms with van der Waals surface area (Å²) in [5, 5.41) is 3.55. The number of likely N-dealkylation sites (tertiary alicyclic amines) is 1. The van der Waals surface area contributed by atoms with Gasteiger partial charge in [0.25, 0.3) is 0 Å². The molecule has 1 aromatic carbocycles. The van der Waals surface area contributed by atoms with Crippen molar-refractivity contribution in [2.75, 3.05) is 32.6 Å². The minimum Gasteiger partial charge on any atom is -0.380 e. The predicted molar refractivity (Wildman–Crippen MR) is 66.8 cm³/mol. The van der Waals surface area contributed by atoms with E-state index < -0.39 is 0 Å². The highest BCUT2D eigenvalue weighted by Gasteiger charge is 2.27. The first-order chi connectivity index (χ1) is 7.79. The topological polar surface area (TPSA) is 24.5 Å². The van der Waals surface area contributed by atoms with Crippen LogP contribution in [0.1, 0.15) is 6.42 Å². The molecule has 2 rings (SSSR count). The maximum atomic E-state index is 5.54. The van der Waals surface area contributed by atoms with Gasteiger partial charge in [0.15, 0.2) is 0 Å². The van der Waals surface area contributed by atoms with Crippen LogP contribution in [0.15, 0.2) is 30.3 Å². The highest BCUT2D eigenvalue weighted by Crippen LogP contribution is 2.17. The molecular weight excluding hydrogens is 200 g/mol. The summed E-state index contributed by atoms with van der Waals surface area (Å²) in [6.07, 6.45) is 1.41. The van der Waals surface area contributed by atoms with Crippen LogP contribution in [0.25, 0.3) is 0 Å². The summed E-state index contributed by atoms with van der Waals surface area (Å²) >= 11 is 0. The molecule has 0 aliphatic carbocycles. The first-order valence-corrected chi connectivity index (χ1v) is 5.82. The van der Waals surface area contributed by atoms with E-state index in [4.69, 9.17) is 4.74 Å². The summed E-state index contributed by atoms with van der Waals surface area (Å²) in [6.45, 7) is 2.13. The molecule has 2 atom stereocenters. The maximum absolute atomic E-state index is 5.54. The van der Waals surface area contributed by atoms with Crippen molar-refractivity contribution in [2.45, 2.75) is 18.6 Å². The molecule has 3 nitrogen and oxygen atoms in total. The lowest BCUT2D eigenvalue weighted by Gasteiger charge is -2.36. The monoisotopic (exact) mass is 220 g/mol. The van der Waals surface area contributed by atoms with E-state index in [1.165, 1.54) is 5.69 Å². The van der Waals surface area contributed by atoms with Gasteiger partial charge in [-0.05, 0) is 32.1 Å². The van der Waals surface area contributed by atoms with Crippen LogP contribution in [0.5, 0.6) is 0 Å². The Bertz CT molecular complexity index is 315. The zero-order valence-corrected chi connectivity index (χ0v) is 10.0. The van der Waals surface area contributed by atoms with Gasteiger partial charge in [-0.15, -0.1) is 0 Å². The van der Waals surface area contributed by atoms with E-state index >= 15 is 0 Å². The first-order valence-electron chi connectivity index (χ1n) is 5.82. The molecule has 1 heterocycles. The molecule has 0 spiro atoms. The van der Waals surface area contributed by atoms with Crippen LogP contribution in [0.3, 0.4) is 0 Å². The molecule has 1 saturated heterocycles. The van der Waals surface area contributed by atoms with Crippen LogP contribution < -0.4 is 5.32 Å². The Morgan fingerprint density at radius 2 is 2.06 bits per heavy atom. The third-order valence-electron chi connectivity index (χ3n) is 3.19. The summed E-state index contributed by atoms with van der Waals surface area (Å²) in [5.74, 6) is 0. The van der Waals surface area contributed by atoms with Crippen molar-refractivity contribution in [1.29, 1.82) is 0 Å². The van der Waals surface area contributed by atoms with Crippen molar-refractivity contribution < 1.29 is 4.74 Å². The van der Waals surface area contributed by atoms with Gasteiger partial charge in [-0.3, -0.25) is 0 Å². The molecule has 1 N–H and O–H groups in total. The molecule has 0 radical (unpaired) electrons. The number of ether oxygens (including phenoxy) is 1. The summed E-state index contributed by atoms with van der Waals surface area (Å²) < 4.78 is 5.54. The number of methoxy groups -OCH3 is 1. The highest BCUT2D eigenvalue weighted by atomic mass is 16.5. The third kappa shape index (κ3) is 2.74. The van der Waals surface area contributed by atoms with Gasteiger partial charge in [-0.2, -0.15) is 0 Å². The van der Waals surface area contributed by atoms with Gasteiger partial charge in [-0.1, -0.05) is 18.2 Å². The number of para-hydroxylation sites is 1. The smallest absolute Gasteiger partial charge is 0.0899 e. The van der Waals surface area contributed by atoms with Gasteiger partial charge >= 0.3 is 0 Å². The molecule has 0 bridgehead atoms. The number of nitrogens with one attached hydrogen (secondary N) is 1. The van der Waals surface area contributed by atoms with Crippen molar-refractivity contribution in [3.05, 3.63) is 30.3 Å². The highest BCUT2D eigenvalue weighted by molar-refractivity contribution is 5.43. The average Bonchev–Trinajstić information content (AvgIpc) is 2.33. The number of anilines is 1. The second-order valence-electron chi connectivity index (χ2n) is 4.44. The Morgan fingerprint density at radius 3 is 2.75 bits per heavy atom. The van der Waals surface area contributed by atoms with Crippen LogP contribution in [0.2, 0.25) is 0 Å². The standard InChI is InChI=1S/C13H20N2O/c1-15-9-8-12(13(10-15)16-2)14-11-6-4-3-5-7-11/h3-7,12-14H,8-10H2,1-2H3/t12-,13+/m1/s1. The Hall–Kier alpha value is -1.06. The van der Waals surface area contributed by atoms with Gasteiger partial charge in [0.05, 0.1) is 12.1 Å². The minimum absolute atomic E-state index is 0.277. The Morgan fingerprint density at radius 1 is 1.31 bits per heavy atom. The van der Waals surface area contributed by atoms with Crippen molar-refractivity contribution in [3.8, 4) is 0 Å². The second kappa shape index (κ2) is 5.32. The van der Waals surface area contributed by atoms with Gasteiger partial charge in [0.1, 0.15) is 0 Å². The molecule has 0 unspecified atom stereocenters. The maximum Gasteiger partial charge on any atom is 0.0899 e. The Kier molecular flexibility index (Phi) is 3.80. The van der Waals surface area contributed by atoms with Crippen LogP contribution in [-0.4, -0.2) is 44.3 Å². The quantitative estimate of drug-likeness (QED) is 0.841. The molecule has 3 heteroatoms. The summed E-state index contributed by atoms with van der Waals surface area (Å²) in [5.41, 5.74) is 1.18. The van der Waals surface area contributed by atoms with Gasteiger partial charge in [0, 0.05) is 19.3 Å². The lowest BCUT2D eigenvalue weighted by atomic mass is 10.0. The molecule has 0 aromatic heterocycles. The molecule has 0 saturated carbocycles. The van der Waals surface area contributed by atoms with Crippen LogP contribution in [0.4, 0.5) is 5.69 Å². The molecule has 88 valence electrons. The fourth-order valence-electron chi connectivity index (χ4n) is 2.22. The number of piperidine rings is 1. The van der Waals surface area contributed by atoms with E-state index in [1.807, 2.05) is 6.07 Å². The molecule has 1 fully saturated rings. The molecular formula is C13H20N2O. The zero-order valence-electron chi connectivity index (χ0n) is 10.0. The molecule has 1 aromatic rings. The number of hydrogen-bond acceptors (Lipinski definition) is 3. The Labute approximate surface area is 97.4 Å². The first kappa shape index (κ1) is 11.4. The summed E-state index contributed by atoms with van der Waals surface area (Å²) in [6, 6.07) is 10.8. The van der Waals surface area contributed by atoms with Crippen LogP contribution >= 0.6 is 0 Å². The van der Waals surface area contributed by atoms with Crippen molar-refractivity contribution in [3.63, 3.8) is 0 Å². The molecule has 0 amide bonds. The normalized spacial score (nSPS) is 26.6. The van der Waals surface area contributed by atoms with E-state index in [0.717, 1.165) is 19.5 Å². The fraction of sp³-hybridized carbons (Fsp3) is 0.538. The second-order valence-corrected chi connectivity index (χ2v) is 4.44. The number of benzene rings is 1. The lowest BCUT2D eigenvalue weighted by molar-refractivity contribution is 0.0312. The van der Waals surface area contributed by atoms with E-state index in [0.29, 0.717) is 6.04 Å². The number of rotatable bonds is 3. The fourth-order valence-corrected chi connectivity index (χ4v) is 2.22. The number of hydrogen-bond donors (Lipinski definition) is 1. The largest absolute Gasteiger partial charge is 0.380 e. The lowest BCUT2D eigenvalue weighted by Crippen LogP contribution is -2.49. The van der Waals surface area contributed by atoms with Crippen molar-refractivity contribution in [1.82, 2.24) is 4.90 Å². The van der Waals surface area contributed by atoms with Crippen LogP contribution in [0, 0.1) is 0 Å². The minimum atomic E-state index is 0.277. The van der Waals surface area contributed by atoms with Gasteiger partial charge < -0.3 is 15.0 Å². The third-order valence-corrected chi connectivity index (χ3v) is 3.19. The van der Waals surface area contributed by atoms with E-state index in [1.54, 1.807) is 7.11 Å². The molecule has 1 aliphatic heterocycles. The van der Waals surface area contributed by atoms with Gasteiger partial charge in [0.2, 0.25) is 0 Å². The Balaban J connectivity index is 1.98. The van der Waals surface area contributed by atoms with E-state index in [9.17, 15) is 0 Å².